The van der Waals surface area contributed by atoms with Gasteiger partial charge in [0.25, 0.3) is 0 Å². The highest BCUT2D eigenvalue weighted by Crippen LogP contribution is 2.38. The van der Waals surface area contributed by atoms with Crippen molar-refractivity contribution in [2.75, 3.05) is 18.1 Å². The number of anilines is 1. The predicted molar refractivity (Wildman–Crippen MR) is 84.7 cm³/mol. The van der Waals surface area contributed by atoms with E-state index < -0.39 is 6.09 Å². The van der Waals surface area contributed by atoms with Gasteiger partial charge in [0.1, 0.15) is 23.7 Å². The SMILES string of the molecule is O=C(O)N1CCc2c(-c3cc(F)ccc3OCC3CC3)ncnc21. The van der Waals surface area contributed by atoms with E-state index in [2.05, 4.69) is 9.97 Å². The molecule has 4 rings (SSSR count). The van der Waals surface area contributed by atoms with Crippen molar-refractivity contribution in [1.29, 1.82) is 0 Å². The topological polar surface area (TPSA) is 75.5 Å². The van der Waals surface area contributed by atoms with Crippen LogP contribution in [0.1, 0.15) is 18.4 Å². The number of rotatable bonds is 4. The Morgan fingerprint density at radius 2 is 2.21 bits per heavy atom. The van der Waals surface area contributed by atoms with Crippen molar-refractivity contribution in [3.8, 4) is 17.0 Å². The van der Waals surface area contributed by atoms with Crippen molar-refractivity contribution in [3.05, 3.63) is 35.9 Å². The van der Waals surface area contributed by atoms with Crippen LogP contribution in [-0.4, -0.2) is 34.3 Å². The Hall–Kier alpha value is -2.70. The summed E-state index contributed by atoms with van der Waals surface area (Å²) >= 11 is 0. The third-order valence-electron chi connectivity index (χ3n) is 4.36. The van der Waals surface area contributed by atoms with Gasteiger partial charge in [-0.2, -0.15) is 0 Å². The van der Waals surface area contributed by atoms with Gasteiger partial charge in [0, 0.05) is 17.7 Å². The average Bonchev–Trinajstić information content (AvgIpc) is 3.29. The summed E-state index contributed by atoms with van der Waals surface area (Å²) in [5.74, 6) is 1.12. The molecule has 7 heteroatoms. The Labute approximate surface area is 137 Å². The summed E-state index contributed by atoms with van der Waals surface area (Å²) in [7, 11) is 0. The molecule has 124 valence electrons. The lowest BCUT2D eigenvalue weighted by molar-refractivity contribution is 0.202. The molecular formula is C17H16FN3O3. The minimum Gasteiger partial charge on any atom is -0.493 e. The predicted octanol–water partition coefficient (Wildman–Crippen LogP) is 3.11. The Bertz CT molecular complexity index is 808. The van der Waals surface area contributed by atoms with Gasteiger partial charge in [-0.05, 0) is 43.4 Å². The maximum absolute atomic E-state index is 13.8. The molecule has 0 atom stereocenters. The fourth-order valence-electron chi connectivity index (χ4n) is 2.92. The second-order valence-electron chi connectivity index (χ2n) is 6.10. The Kier molecular flexibility index (Phi) is 3.55. The van der Waals surface area contributed by atoms with Crippen LogP contribution in [0, 0.1) is 11.7 Å². The molecule has 2 aromatic rings. The lowest BCUT2D eigenvalue weighted by Crippen LogP contribution is -2.27. The zero-order valence-electron chi connectivity index (χ0n) is 12.9. The zero-order valence-corrected chi connectivity index (χ0v) is 12.9. The molecule has 2 aliphatic rings. The van der Waals surface area contributed by atoms with Gasteiger partial charge in [-0.15, -0.1) is 0 Å². The van der Waals surface area contributed by atoms with E-state index in [4.69, 9.17) is 4.74 Å². The van der Waals surface area contributed by atoms with E-state index in [1.54, 1.807) is 6.07 Å². The molecule has 0 spiro atoms. The molecule has 1 aliphatic heterocycles. The number of aromatic nitrogens is 2. The molecule has 1 aromatic carbocycles. The molecule has 1 aromatic heterocycles. The lowest BCUT2D eigenvalue weighted by Gasteiger charge is -2.14. The number of carboxylic acid groups (broad SMARTS) is 1. The molecule has 1 amide bonds. The number of halogens is 1. The zero-order chi connectivity index (χ0) is 16.7. The van der Waals surface area contributed by atoms with Crippen LogP contribution in [0.25, 0.3) is 11.3 Å². The highest BCUT2D eigenvalue weighted by Gasteiger charge is 2.30. The Morgan fingerprint density at radius 1 is 1.38 bits per heavy atom. The Morgan fingerprint density at radius 3 is 2.96 bits per heavy atom. The van der Waals surface area contributed by atoms with E-state index in [-0.39, 0.29) is 5.82 Å². The molecule has 24 heavy (non-hydrogen) atoms. The van der Waals surface area contributed by atoms with E-state index in [0.29, 0.717) is 53.9 Å². The van der Waals surface area contributed by atoms with Gasteiger partial charge < -0.3 is 9.84 Å². The van der Waals surface area contributed by atoms with Crippen molar-refractivity contribution in [2.24, 2.45) is 5.92 Å². The van der Waals surface area contributed by atoms with Crippen LogP contribution in [0.5, 0.6) is 5.75 Å². The van der Waals surface area contributed by atoms with Crippen LogP contribution in [-0.2, 0) is 6.42 Å². The van der Waals surface area contributed by atoms with Crippen LogP contribution >= 0.6 is 0 Å². The summed E-state index contributed by atoms with van der Waals surface area (Å²) in [6.45, 7) is 0.928. The monoisotopic (exact) mass is 329 g/mol. The summed E-state index contributed by atoms with van der Waals surface area (Å²) in [5, 5.41) is 9.25. The smallest absolute Gasteiger partial charge is 0.413 e. The molecule has 6 nitrogen and oxygen atoms in total. The number of nitrogens with zero attached hydrogens (tertiary/aromatic N) is 3. The summed E-state index contributed by atoms with van der Waals surface area (Å²) in [5.41, 5.74) is 1.79. The standard InChI is InChI=1S/C17H16FN3O3/c18-11-3-4-14(24-8-10-1-2-10)13(7-11)15-12-5-6-21(17(22)23)16(12)20-9-19-15/h3-4,7,9-10H,1-2,5-6,8H2,(H,22,23). The largest absolute Gasteiger partial charge is 0.493 e. The van der Waals surface area contributed by atoms with Crippen LogP contribution in [0.3, 0.4) is 0 Å². The van der Waals surface area contributed by atoms with Crippen molar-refractivity contribution < 1.29 is 19.0 Å². The van der Waals surface area contributed by atoms with Gasteiger partial charge in [0.2, 0.25) is 0 Å². The van der Waals surface area contributed by atoms with Crippen molar-refractivity contribution in [1.82, 2.24) is 9.97 Å². The summed E-state index contributed by atoms with van der Waals surface area (Å²) in [4.78, 5) is 20.8. The molecule has 2 heterocycles. The van der Waals surface area contributed by atoms with Crippen LogP contribution in [0.15, 0.2) is 24.5 Å². The molecule has 0 bridgehead atoms. The molecule has 1 aliphatic carbocycles. The van der Waals surface area contributed by atoms with Crippen molar-refractivity contribution in [2.45, 2.75) is 19.3 Å². The summed E-state index contributed by atoms with van der Waals surface area (Å²) in [6.07, 6.45) is 3.07. The van der Waals surface area contributed by atoms with Crippen molar-refractivity contribution >= 4 is 11.9 Å². The van der Waals surface area contributed by atoms with E-state index in [9.17, 15) is 14.3 Å². The number of hydrogen-bond donors (Lipinski definition) is 1. The third kappa shape index (κ3) is 2.66. The fourth-order valence-corrected chi connectivity index (χ4v) is 2.92. The third-order valence-corrected chi connectivity index (χ3v) is 4.36. The van der Waals surface area contributed by atoms with Crippen LogP contribution in [0.2, 0.25) is 0 Å². The maximum atomic E-state index is 13.8. The molecule has 0 radical (unpaired) electrons. The second-order valence-corrected chi connectivity index (χ2v) is 6.10. The van der Waals surface area contributed by atoms with Gasteiger partial charge in [-0.25, -0.2) is 19.2 Å². The quantitative estimate of drug-likeness (QED) is 0.933. The number of amides is 1. The first kappa shape index (κ1) is 14.9. The van der Waals surface area contributed by atoms with Crippen molar-refractivity contribution in [3.63, 3.8) is 0 Å². The van der Waals surface area contributed by atoms with Gasteiger partial charge in [0.15, 0.2) is 0 Å². The number of hydrogen-bond acceptors (Lipinski definition) is 4. The second kappa shape index (κ2) is 5.74. The van der Waals surface area contributed by atoms with Gasteiger partial charge in [0.05, 0.1) is 12.3 Å². The first-order chi connectivity index (χ1) is 11.6. The molecular weight excluding hydrogens is 313 g/mol. The lowest BCUT2D eigenvalue weighted by atomic mass is 10.0. The Balaban J connectivity index is 1.76. The molecule has 1 fully saturated rings. The summed E-state index contributed by atoms with van der Waals surface area (Å²) < 4.78 is 19.6. The van der Waals surface area contributed by atoms with Crippen LogP contribution in [0.4, 0.5) is 15.0 Å². The highest BCUT2D eigenvalue weighted by molar-refractivity contribution is 5.89. The first-order valence-corrected chi connectivity index (χ1v) is 7.90. The normalized spacial score (nSPS) is 16.1. The minimum absolute atomic E-state index is 0.323. The molecule has 1 N–H and O–H groups in total. The van der Waals surface area contributed by atoms with E-state index in [0.717, 1.165) is 12.8 Å². The number of fused-ring (bicyclic) bond motifs is 1. The molecule has 1 saturated carbocycles. The van der Waals surface area contributed by atoms with E-state index in [1.807, 2.05) is 0 Å². The van der Waals surface area contributed by atoms with Gasteiger partial charge in [-0.3, -0.25) is 4.90 Å². The average molecular weight is 329 g/mol. The van der Waals surface area contributed by atoms with E-state index in [1.165, 1.54) is 23.4 Å². The van der Waals surface area contributed by atoms with Gasteiger partial charge in [-0.1, -0.05) is 0 Å². The molecule has 0 unspecified atom stereocenters. The molecule has 0 saturated heterocycles. The highest BCUT2D eigenvalue weighted by atomic mass is 19.1. The minimum atomic E-state index is -1.05. The first-order valence-electron chi connectivity index (χ1n) is 7.90. The van der Waals surface area contributed by atoms with Gasteiger partial charge >= 0.3 is 6.09 Å². The number of benzene rings is 1. The summed E-state index contributed by atoms with van der Waals surface area (Å²) in [6, 6.07) is 4.34. The van der Waals surface area contributed by atoms with Crippen LogP contribution < -0.4 is 9.64 Å². The maximum Gasteiger partial charge on any atom is 0.413 e. The number of ether oxygens (including phenoxy) is 1. The number of carbonyl (C=O) groups is 1. The fraction of sp³-hybridized carbons (Fsp3) is 0.353. The van der Waals surface area contributed by atoms with E-state index >= 15 is 0 Å².